The van der Waals surface area contributed by atoms with E-state index in [9.17, 15) is 9.59 Å². The third-order valence-electron chi connectivity index (χ3n) is 4.23. The van der Waals surface area contributed by atoms with Gasteiger partial charge in [0.25, 0.3) is 5.91 Å². The van der Waals surface area contributed by atoms with Gasteiger partial charge in [-0.3, -0.25) is 4.79 Å². The largest absolute Gasteiger partial charge is 0.497 e. The summed E-state index contributed by atoms with van der Waals surface area (Å²) in [5.41, 5.74) is 3.91. The van der Waals surface area contributed by atoms with Crippen LogP contribution in [-0.4, -0.2) is 40.6 Å². The fraction of sp³-hybridized carbons (Fsp3) is 0.238. The maximum Gasteiger partial charge on any atom is 0.361 e. The molecule has 29 heavy (non-hydrogen) atoms. The molecule has 0 fully saturated rings. The standard InChI is InChI=1S/C21H22N4O4/c1-13-8-9-18(14(2)10-13)25-23-15(3)20(24-25)21(27)29-12-19(26)22-16-6-5-7-17(11-16)28-4/h5-11H,12H2,1-4H3,(H,22,26). The van der Waals surface area contributed by atoms with Gasteiger partial charge in [-0.1, -0.05) is 23.8 Å². The first-order valence-electron chi connectivity index (χ1n) is 9.00. The summed E-state index contributed by atoms with van der Waals surface area (Å²) in [6.07, 6.45) is 0. The number of aryl methyl sites for hydroxylation is 3. The SMILES string of the molecule is COc1cccc(NC(=O)COC(=O)c2nn(-c3ccc(C)cc3C)nc2C)c1. The number of nitrogens with one attached hydrogen (secondary N) is 1. The van der Waals surface area contributed by atoms with E-state index in [1.807, 2.05) is 32.0 Å². The first-order chi connectivity index (χ1) is 13.9. The number of carbonyl (C=O) groups is 2. The van der Waals surface area contributed by atoms with Crippen LogP contribution in [-0.2, 0) is 9.53 Å². The number of hydrogen-bond acceptors (Lipinski definition) is 6. The second-order valence-electron chi connectivity index (χ2n) is 6.57. The smallest absolute Gasteiger partial charge is 0.361 e. The summed E-state index contributed by atoms with van der Waals surface area (Å²) < 4.78 is 10.2. The highest BCUT2D eigenvalue weighted by Gasteiger charge is 2.19. The molecule has 0 aliphatic carbocycles. The van der Waals surface area contributed by atoms with E-state index in [1.165, 1.54) is 11.9 Å². The van der Waals surface area contributed by atoms with Crippen LogP contribution in [0.4, 0.5) is 5.69 Å². The van der Waals surface area contributed by atoms with Crippen molar-refractivity contribution in [2.45, 2.75) is 20.8 Å². The van der Waals surface area contributed by atoms with Gasteiger partial charge in [0, 0.05) is 11.8 Å². The molecule has 3 aromatic rings. The highest BCUT2D eigenvalue weighted by atomic mass is 16.5. The average Bonchev–Trinajstić information content (AvgIpc) is 3.07. The maximum atomic E-state index is 12.4. The minimum absolute atomic E-state index is 0.0687. The Balaban J connectivity index is 1.65. The number of methoxy groups -OCH3 is 1. The highest BCUT2D eigenvalue weighted by molar-refractivity contribution is 5.95. The number of hydrogen-bond donors (Lipinski definition) is 1. The van der Waals surface area contributed by atoms with Crippen molar-refractivity contribution < 1.29 is 19.1 Å². The fourth-order valence-electron chi connectivity index (χ4n) is 2.80. The van der Waals surface area contributed by atoms with Crippen molar-refractivity contribution in [2.75, 3.05) is 19.0 Å². The fourth-order valence-corrected chi connectivity index (χ4v) is 2.80. The number of rotatable bonds is 6. The number of amides is 1. The summed E-state index contributed by atoms with van der Waals surface area (Å²) in [7, 11) is 1.54. The van der Waals surface area contributed by atoms with Crippen molar-refractivity contribution in [3.63, 3.8) is 0 Å². The molecule has 3 rings (SSSR count). The van der Waals surface area contributed by atoms with E-state index < -0.39 is 18.5 Å². The van der Waals surface area contributed by atoms with Gasteiger partial charge in [0.15, 0.2) is 12.3 Å². The monoisotopic (exact) mass is 394 g/mol. The maximum absolute atomic E-state index is 12.4. The number of esters is 1. The number of benzene rings is 2. The highest BCUT2D eigenvalue weighted by Crippen LogP contribution is 2.17. The van der Waals surface area contributed by atoms with Gasteiger partial charge in [0.2, 0.25) is 0 Å². The lowest BCUT2D eigenvalue weighted by Crippen LogP contribution is -2.21. The summed E-state index contributed by atoms with van der Waals surface area (Å²) in [5, 5.41) is 11.2. The normalized spacial score (nSPS) is 10.5. The first-order valence-corrected chi connectivity index (χ1v) is 9.00. The summed E-state index contributed by atoms with van der Waals surface area (Å²) in [6, 6.07) is 12.7. The van der Waals surface area contributed by atoms with Gasteiger partial charge in [-0.2, -0.15) is 9.90 Å². The molecule has 1 heterocycles. The van der Waals surface area contributed by atoms with Crippen molar-refractivity contribution in [3.8, 4) is 11.4 Å². The third-order valence-corrected chi connectivity index (χ3v) is 4.23. The van der Waals surface area contributed by atoms with E-state index >= 15 is 0 Å². The lowest BCUT2D eigenvalue weighted by molar-refractivity contribution is -0.119. The van der Waals surface area contributed by atoms with Gasteiger partial charge >= 0.3 is 5.97 Å². The average molecular weight is 394 g/mol. The van der Waals surface area contributed by atoms with Gasteiger partial charge < -0.3 is 14.8 Å². The van der Waals surface area contributed by atoms with Crippen LogP contribution in [0.15, 0.2) is 42.5 Å². The molecule has 150 valence electrons. The minimum Gasteiger partial charge on any atom is -0.497 e. The van der Waals surface area contributed by atoms with Crippen LogP contribution in [0.3, 0.4) is 0 Å². The van der Waals surface area contributed by atoms with Crippen LogP contribution in [0.5, 0.6) is 5.75 Å². The molecule has 0 atom stereocenters. The molecule has 8 heteroatoms. The Kier molecular flexibility index (Phi) is 5.92. The zero-order chi connectivity index (χ0) is 21.0. The predicted molar refractivity (Wildman–Crippen MR) is 107 cm³/mol. The quantitative estimate of drug-likeness (QED) is 0.646. The van der Waals surface area contributed by atoms with Crippen LogP contribution in [0.1, 0.15) is 27.3 Å². The third kappa shape index (κ3) is 4.78. The number of ether oxygens (including phenoxy) is 2. The molecule has 0 saturated heterocycles. The Hall–Kier alpha value is -3.68. The molecule has 0 saturated carbocycles. The second-order valence-corrected chi connectivity index (χ2v) is 6.57. The molecular weight excluding hydrogens is 372 g/mol. The van der Waals surface area contributed by atoms with Crippen molar-refractivity contribution in [3.05, 3.63) is 65.0 Å². The molecule has 0 aliphatic heterocycles. The van der Waals surface area contributed by atoms with E-state index in [2.05, 4.69) is 15.5 Å². The molecular formula is C21H22N4O4. The van der Waals surface area contributed by atoms with Crippen molar-refractivity contribution in [2.24, 2.45) is 0 Å². The zero-order valence-corrected chi connectivity index (χ0v) is 16.7. The van der Waals surface area contributed by atoms with Crippen molar-refractivity contribution in [1.82, 2.24) is 15.0 Å². The Morgan fingerprint density at radius 1 is 1.07 bits per heavy atom. The van der Waals surface area contributed by atoms with Crippen LogP contribution in [0, 0.1) is 20.8 Å². The van der Waals surface area contributed by atoms with Gasteiger partial charge in [0.1, 0.15) is 5.75 Å². The molecule has 0 bridgehead atoms. The summed E-state index contributed by atoms with van der Waals surface area (Å²) in [6.45, 7) is 5.17. The second kappa shape index (κ2) is 8.55. The van der Waals surface area contributed by atoms with Crippen LogP contribution in [0.25, 0.3) is 5.69 Å². The zero-order valence-electron chi connectivity index (χ0n) is 16.7. The molecule has 8 nitrogen and oxygen atoms in total. The first kappa shape index (κ1) is 20.1. The van der Waals surface area contributed by atoms with Crippen molar-refractivity contribution >= 4 is 17.6 Å². The van der Waals surface area contributed by atoms with E-state index in [4.69, 9.17) is 9.47 Å². The van der Waals surface area contributed by atoms with E-state index in [0.29, 0.717) is 17.1 Å². The molecule has 2 aromatic carbocycles. The topological polar surface area (TPSA) is 95.3 Å². The number of nitrogens with zero attached hydrogens (tertiary/aromatic N) is 3. The van der Waals surface area contributed by atoms with E-state index in [0.717, 1.165) is 16.8 Å². The van der Waals surface area contributed by atoms with Gasteiger partial charge in [0.05, 0.1) is 18.5 Å². The van der Waals surface area contributed by atoms with Gasteiger partial charge in [-0.25, -0.2) is 4.79 Å². The summed E-state index contributed by atoms with van der Waals surface area (Å²) in [5.74, 6) is -0.566. The molecule has 0 radical (unpaired) electrons. The molecule has 0 spiro atoms. The number of anilines is 1. The van der Waals surface area contributed by atoms with Crippen LogP contribution >= 0.6 is 0 Å². The molecule has 1 aromatic heterocycles. The Morgan fingerprint density at radius 2 is 1.86 bits per heavy atom. The van der Waals surface area contributed by atoms with Gasteiger partial charge in [-0.15, -0.1) is 5.10 Å². The Morgan fingerprint density at radius 3 is 2.59 bits per heavy atom. The van der Waals surface area contributed by atoms with Crippen LogP contribution < -0.4 is 10.1 Å². The molecule has 1 amide bonds. The molecule has 0 aliphatic rings. The Labute approximate surface area is 168 Å². The number of aromatic nitrogens is 3. The molecule has 0 unspecified atom stereocenters. The Bertz CT molecular complexity index is 1060. The van der Waals surface area contributed by atoms with Crippen molar-refractivity contribution in [1.29, 1.82) is 0 Å². The minimum atomic E-state index is -0.709. The van der Waals surface area contributed by atoms with Gasteiger partial charge in [-0.05, 0) is 44.5 Å². The lowest BCUT2D eigenvalue weighted by atomic mass is 10.1. The van der Waals surface area contributed by atoms with Crippen LogP contribution in [0.2, 0.25) is 0 Å². The van der Waals surface area contributed by atoms with E-state index in [-0.39, 0.29) is 5.69 Å². The van der Waals surface area contributed by atoms with E-state index in [1.54, 1.807) is 31.2 Å². The summed E-state index contributed by atoms with van der Waals surface area (Å²) in [4.78, 5) is 25.8. The number of carbonyl (C=O) groups excluding carboxylic acids is 2. The summed E-state index contributed by atoms with van der Waals surface area (Å²) >= 11 is 0. The lowest BCUT2D eigenvalue weighted by Gasteiger charge is -2.07. The predicted octanol–water partition coefficient (Wildman–Crippen LogP) is 3.00. The molecule has 1 N–H and O–H groups in total.